The van der Waals surface area contributed by atoms with Gasteiger partial charge in [0.1, 0.15) is 0 Å². The summed E-state index contributed by atoms with van der Waals surface area (Å²) in [6.45, 7) is 7.11. The molecule has 1 fully saturated rings. The fourth-order valence-electron chi connectivity index (χ4n) is 4.65. The lowest BCUT2D eigenvalue weighted by molar-refractivity contribution is -0.158. The molecule has 2 N–H and O–H groups in total. The largest absolute Gasteiger partial charge is 0.389 e. The molecule has 0 radical (unpaired) electrons. The molecule has 35 heavy (non-hydrogen) atoms. The Morgan fingerprint density at radius 1 is 0.857 bits per heavy atom. The van der Waals surface area contributed by atoms with E-state index in [1.165, 1.54) is 94.8 Å². The normalized spacial score (nSPS) is 17.3. The van der Waals surface area contributed by atoms with Gasteiger partial charge in [-0.05, 0) is 25.9 Å². The van der Waals surface area contributed by atoms with E-state index in [0.29, 0.717) is 6.54 Å². The first-order chi connectivity index (χ1) is 17.0. The second kappa shape index (κ2) is 21.0. The van der Waals surface area contributed by atoms with Gasteiger partial charge in [0, 0.05) is 13.6 Å². The number of amides is 2. The molecule has 1 rings (SSSR count). The molecule has 0 spiro atoms. The molecule has 1 heterocycles. The number of carbonyl (C=O) groups excluding carboxylic acids is 2. The van der Waals surface area contributed by atoms with Crippen LogP contribution in [0.15, 0.2) is 0 Å². The minimum Gasteiger partial charge on any atom is -0.389 e. The lowest BCUT2D eigenvalue weighted by Gasteiger charge is -2.30. The summed E-state index contributed by atoms with van der Waals surface area (Å²) in [6.07, 6.45) is 19.0. The van der Waals surface area contributed by atoms with Crippen molar-refractivity contribution in [2.24, 2.45) is 0 Å². The molecular formula is C28H55N3O4. The summed E-state index contributed by atoms with van der Waals surface area (Å²) in [5.74, 6) is -0.510. The summed E-state index contributed by atoms with van der Waals surface area (Å²) in [4.78, 5) is 27.6. The molecule has 0 aromatic rings. The number of ether oxygens (including phenoxy) is 1. The molecule has 0 aromatic carbocycles. The molecule has 2 amide bonds. The molecular weight excluding hydrogens is 442 g/mol. The number of hydrogen-bond acceptors (Lipinski definition) is 5. The molecule has 1 saturated heterocycles. The van der Waals surface area contributed by atoms with Crippen LogP contribution in [0.5, 0.6) is 0 Å². The van der Waals surface area contributed by atoms with E-state index in [0.717, 1.165) is 25.9 Å². The molecule has 0 aromatic heterocycles. The van der Waals surface area contributed by atoms with Crippen molar-refractivity contribution < 1.29 is 19.4 Å². The zero-order valence-electron chi connectivity index (χ0n) is 23.1. The topological polar surface area (TPSA) is 82.1 Å². The highest BCUT2D eigenvalue weighted by molar-refractivity contribution is 5.93. The number of aliphatic hydroxyl groups is 1. The van der Waals surface area contributed by atoms with E-state index in [1.54, 1.807) is 7.05 Å². The average Bonchev–Trinajstić information content (AvgIpc) is 2.83. The molecule has 2 unspecified atom stereocenters. The van der Waals surface area contributed by atoms with E-state index in [4.69, 9.17) is 4.74 Å². The van der Waals surface area contributed by atoms with Crippen molar-refractivity contribution in [3.63, 3.8) is 0 Å². The third-order valence-corrected chi connectivity index (χ3v) is 6.85. The molecule has 7 heteroatoms. The van der Waals surface area contributed by atoms with Gasteiger partial charge in [0.25, 0.3) is 5.91 Å². The third kappa shape index (κ3) is 16.2. The Labute approximate surface area is 215 Å². The zero-order valence-corrected chi connectivity index (χ0v) is 23.1. The number of carbonyl (C=O) groups is 2. The highest BCUT2D eigenvalue weighted by atomic mass is 16.5. The predicted molar refractivity (Wildman–Crippen MR) is 143 cm³/mol. The number of nitrogens with one attached hydrogen (secondary N) is 1. The SMILES string of the molecule is CCCCCCCCCCN(CCCCCCCCCC)CC(O)COC1NC(=O)CN(C)C1=O. The van der Waals surface area contributed by atoms with Crippen LogP contribution >= 0.6 is 0 Å². The molecule has 0 bridgehead atoms. The van der Waals surface area contributed by atoms with E-state index in [2.05, 4.69) is 24.1 Å². The van der Waals surface area contributed by atoms with E-state index < -0.39 is 12.3 Å². The van der Waals surface area contributed by atoms with Crippen LogP contribution in [-0.4, -0.2) is 78.9 Å². The Bertz CT molecular complexity index is 526. The summed E-state index contributed by atoms with van der Waals surface area (Å²) in [5.41, 5.74) is 0. The van der Waals surface area contributed by atoms with Crippen molar-refractivity contribution in [1.82, 2.24) is 15.1 Å². The van der Waals surface area contributed by atoms with Gasteiger partial charge in [-0.3, -0.25) is 9.59 Å². The Balaban J connectivity index is 2.34. The number of hydrogen-bond donors (Lipinski definition) is 2. The van der Waals surface area contributed by atoms with Gasteiger partial charge in [-0.2, -0.15) is 0 Å². The van der Waals surface area contributed by atoms with Crippen LogP contribution in [0.2, 0.25) is 0 Å². The predicted octanol–water partition coefficient (Wildman–Crippen LogP) is 4.86. The molecule has 1 aliphatic rings. The maximum Gasteiger partial charge on any atom is 0.272 e. The third-order valence-electron chi connectivity index (χ3n) is 6.85. The van der Waals surface area contributed by atoms with Crippen LogP contribution in [0.3, 0.4) is 0 Å². The Morgan fingerprint density at radius 2 is 1.31 bits per heavy atom. The van der Waals surface area contributed by atoms with Gasteiger partial charge in [-0.25, -0.2) is 0 Å². The Morgan fingerprint density at radius 3 is 1.80 bits per heavy atom. The van der Waals surface area contributed by atoms with Gasteiger partial charge in [-0.1, -0.05) is 104 Å². The van der Waals surface area contributed by atoms with Gasteiger partial charge < -0.3 is 25.0 Å². The number of piperazine rings is 1. The molecule has 0 aliphatic carbocycles. The van der Waals surface area contributed by atoms with Crippen LogP contribution in [-0.2, 0) is 14.3 Å². The Hall–Kier alpha value is -1.18. The van der Waals surface area contributed by atoms with Crippen LogP contribution in [0.4, 0.5) is 0 Å². The maximum atomic E-state index is 12.2. The first kappa shape index (κ1) is 31.8. The van der Waals surface area contributed by atoms with E-state index in [-0.39, 0.29) is 25.0 Å². The number of unbranched alkanes of at least 4 members (excludes halogenated alkanes) is 14. The molecule has 7 nitrogen and oxygen atoms in total. The second-order valence-electron chi connectivity index (χ2n) is 10.4. The van der Waals surface area contributed by atoms with Crippen LogP contribution in [0.1, 0.15) is 117 Å². The van der Waals surface area contributed by atoms with Crippen molar-refractivity contribution in [3.05, 3.63) is 0 Å². The number of likely N-dealkylation sites (N-methyl/N-ethyl adjacent to an activating group) is 1. The first-order valence-corrected chi connectivity index (χ1v) is 14.5. The summed E-state index contributed by atoms with van der Waals surface area (Å²) < 4.78 is 5.58. The lowest BCUT2D eigenvalue weighted by Crippen LogP contribution is -2.58. The van der Waals surface area contributed by atoms with Gasteiger partial charge in [0.15, 0.2) is 0 Å². The maximum absolute atomic E-state index is 12.2. The van der Waals surface area contributed by atoms with Crippen LogP contribution in [0.25, 0.3) is 0 Å². The van der Waals surface area contributed by atoms with Crippen molar-refractivity contribution in [1.29, 1.82) is 0 Å². The number of nitrogens with zero attached hydrogens (tertiary/aromatic N) is 2. The molecule has 1 aliphatic heterocycles. The van der Waals surface area contributed by atoms with E-state index in [9.17, 15) is 14.7 Å². The summed E-state index contributed by atoms with van der Waals surface area (Å²) in [5, 5.41) is 13.2. The van der Waals surface area contributed by atoms with Gasteiger partial charge in [-0.15, -0.1) is 0 Å². The summed E-state index contributed by atoms with van der Waals surface area (Å²) >= 11 is 0. The Kier molecular flexibility index (Phi) is 19.1. The average molecular weight is 498 g/mol. The van der Waals surface area contributed by atoms with Gasteiger partial charge in [0.05, 0.1) is 19.3 Å². The van der Waals surface area contributed by atoms with Crippen LogP contribution in [0, 0.1) is 0 Å². The molecule has 0 saturated carbocycles. The second-order valence-corrected chi connectivity index (χ2v) is 10.4. The minimum absolute atomic E-state index is 0.0376. The minimum atomic E-state index is -0.996. The number of rotatable bonds is 23. The van der Waals surface area contributed by atoms with E-state index >= 15 is 0 Å². The zero-order chi connectivity index (χ0) is 25.7. The van der Waals surface area contributed by atoms with Crippen molar-refractivity contribution >= 4 is 11.8 Å². The fourth-order valence-corrected chi connectivity index (χ4v) is 4.65. The van der Waals surface area contributed by atoms with Crippen LogP contribution < -0.4 is 5.32 Å². The van der Waals surface area contributed by atoms with Gasteiger partial charge in [0.2, 0.25) is 12.1 Å². The van der Waals surface area contributed by atoms with Crippen molar-refractivity contribution in [3.8, 4) is 0 Å². The van der Waals surface area contributed by atoms with E-state index in [1.807, 2.05) is 0 Å². The summed E-state index contributed by atoms with van der Waals surface area (Å²) in [6, 6.07) is 0. The smallest absolute Gasteiger partial charge is 0.272 e. The monoisotopic (exact) mass is 497 g/mol. The fraction of sp³-hybridized carbons (Fsp3) is 0.929. The quantitative estimate of drug-likeness (QED) is 0.197. The molecule has 2 atom stereocenters. The van der Waals surface area contributed by atoms with Gasteiger partial charge >= 0.3 is 0 Å². The molecule has 206 valence electrons. The number of aliphatic hydroxyl groups excluding tert-OH is 1. The highest BCUT2D eigenvalue weighted by Crippen LogP contribution is 2.12. The van der Waals surface area contributed by atoms with Crippen molar-refractivity contribution in [2.75, 3.05) is 39.8 Å². The van der Waals surface area contributed by atoms with Crippen molar-refractivity contribution in [2.45, 2.75) is 129 Å². The first-order valence-electron chi connectivity index (χ1n) is 14.5. The highest BCUT2D eigenvalue weighted by Gasteiger charge is 2.31. The lowest BCUT2D eigenvalue weighted by atomic mass is 10.1. The summed E-state index contributed by atoms with van der Waals surface area (Å²) in [7, 11) is 1.59. The standard InChI is InChI=1S/C28H55N3O4/c1-4-6-8-10-12-14-16-18-20-31(21-19-17-15-13-11-9-7-5-2)22-25(32)24-35-27-28(34)30(3)23-26(33)29-27/h25,27,32H,4-24H2,1-3H3,(H,29,33).